The maximum absolute atomic E-state index is 11.3. The van der Waals surface area contributed by atoms with E-state index in [0.717, 1.165) is 24.6 Å². The van der Waals surface area contributed by atoms with Crippen LogP contribution in [0.15, 0.2) is 6.07 Å². The summed E-state index contributed by atoms with van der Waals surface area (Å²) in [7, 11) is -0.836. The Bertz CT molecular complexity index is 430. The predicted molar refractivity (Wildman–Crippen MR) is 88.2 cm³/mol. The van der Waals surface area contributed by atoms with Crippen LogP contribution in [0.25, 0.3) is 0 Å². The van der Waals surface area contributed by atoms with Crippen molar-refractivity contribution < 1.29 is 8.95 Å². The van der Waals surface area contributed by atoms with Crippen molar-refractivity contribution in [2.24, 2.45) is 0 Å². The van der Waals surface area contributed by atoms with E-state index in [9.17, 15) is 4.21 Å². The number of anilines is 2. The number of nitrogens with one attached hydrogen (secondary N) is 2. The Kier molecular flexibility index (Phi) is 8.22. The van der Waals surface area contributed by atoms with Crippen LogP contribution in [0.1, 0.15) is 33.0 Å². The van der Waals surface area contributed by atoms with E-state index in [1.165, 1.54) is 0 Å². The van der Waals surface area contributed by atoms with E-state index in [1.54, 1.807) is 6.26 Å². The monoisotopic (exact) mass is 314 g/mol. The van der Waals surface area contributed by atoms with E-state index in [2.05, 4.69) is 27.5 Å². The molecule has 120 valence electrons. The van der Waals surface area contributed by atoms with Crippen molar-refractivity contribution in [2.75, 3.05) is 35.8 Å². The van der Waals surface area contributed by atoms with Gasteiger partial charge in [0.25, 0.3) is 0 Å². The van der Waals surface area contributed by atoms with Crippen molar-refractivity contribution in [3.63, 3.8) is 0 Å². The lowest BCUT2D eigenvalue weighted by molar-refractivity contribution is 0.128. The normalized spacial score (nSPS) is 13.7. The minimum Gasteiger partial charge on any atom is -0.374 e. The molecule has 1 aromatic heterocycles. The van der Waals surface area contributed by atoms with Crippen LogP contribution >= 0.6 is 0 Å². The van der Waals surface area contributed by atoms with Crippen LogP contribution in [0.5, 0.6) is 0 Å². The first-order chi connectivity index (χ1) is 10.0. The zero-order chi connectivity index (χ0) is 15.7. The van der Waals surface area contributed by atoms with Crippen LogP contribution in [0.4, 0.5) is 11.6 Å². The Morgan fingerprint density at radius 1 is 1.33 bits per heavy atom. The lowest BCUT2D eigenvalue weighted by Gasteiger charge is -2.15. The molecule has 0 aliphatic carbocycles. The standard InChI is InChI=1S/C14H26N4O2S/c1-5-7-15-12-8-13(16-11(3)10-21(4)19)18-14(17-12)9-20-6-2/h8,11H,5-7,9-10H2,1-4H3,(H2,15,16,17,18). The Labute approximate surface area is 129 Å². The van der Waals surface area contributed by atoms with Gasteiger partial charge in [-0.2, -0.15) is 0 Å². The summed E-state index contributed by atoms with van der Waals surface area (Å²) in [6, 6.07) is 1.96. The molecule has 0 aromatic carbocycles. The summed E-state index contributed by atoms with van der Waals surface area (Å²) in [5.41, 5.74) is 0. The maximum atomic E-state index is 11.3. The van der Waals surface area contributed by atoms with E-state index in [4.69, 9.17) is 4.74 Å². The molecule has 0 bridgehead atoms. The number of rotatable bonds is 10. The minimum absolute atomic E-state index is 0.0877. The van der Waals surface area contributed by atoms with Gasteiger partial charge in [-0.3, -0.25) is 4.21 Å². The highest BCUT2D eigenvalue weighted by Crippen LogP contribution is 2.13. The van der Waals surface area contributed by atoms with E-state index >= 15 is 0 Å². The zero-order valence-corrected chi connectivity index (χ0v) is 14.1. The third kappa shape index (κ3) is 7.38. The second-order valence-electron chi connectivity index (χ2n) is 4.90. The van der Waals surface area contributed by atoms with Gasteiger partial charge in [-0.1, -0.05) is 6.92 Å². The van der Waals surface area contributed by atoms with Crippen LogP contribution in [-0.4, -0.2) is 45.4 Å². The maximum Gasteiger partial charge on any atom is 0.158 e. The van der Waals surface area contributed by atoms with Crippen molar-refractivity contribution in [2.45, 2.75) is 39.8 Å². The molecule has 21 heavy (non-hydrogen) atoms. The van der Waals surface area contributed by atoms with Gasteiger partial charge in [-0.15, -0.1) is 0 Å². The van der Waals surface area contributed by atoms with Crippen molar-refractivity contribution in [1.29, 1.82) is 0 Å². The largest absolute Gasteiger partial charge is 0.374 e. The number of nitrogens with zero attached hydrogens (tertiary/aromatic N) is 2. The lowest BCUT2D eigenvalue weighted by atomic mass is 10.3. The molecular weight excluding hydrogens is 288 g/mol. The molecule has 0 fully saturated rings. The Balaban J connectivity index is 2.81. The summed E-state index contributed by atoms with van der Waals surface area (Å²) in [6.45, 7) is 7.92. The molecule has 1 heterocycles. The van der Waals surface area contributed by atoms with Gasteiger partial charge in [0.05, 0.1) is 0 Å². The Hall–Kier alpha value is -1.21. The van der Waals surface area contributed by atoms with Crippen LogP contribution in [0, 0.1) is 0 Å². The van der Waals surface area contributed by atoms with Gasteiger partial charge in [0.15, 0.2) is 5.82 Å². The first kappa shape index (κ1) is 17.8. The molecule has 7 heteroatoms. The van der Waals surface area contributed by atoms with Gasteiger partial charge in [-0.05, 0) is 20.3 Å². The van der Waals surface area contributed by atoms with Gasteiger partial charge in [0, 0.05) is 48.1 Å². The number of hydrogen-bond donors (Lipinski definition) is 2. The van der Waals surface area contributed by atoms with E-state index in [-0.39, 0.29) is 6.04 Å². The average Bonchev–Trinajstić information content (AvgIpc) is 2.41. The summed E-state index contributed by atoms with van der Waals surface area (Å²) in [6.07, 6.45) is 2.73. The third-order valence-electron chi connectivity index (χ3n) is 2.64. The molecule has 0 saturated carbocycles. The summed E-state index contributed by atoms with van der Waals surface area (Å²) in [5.74, 6) is 2.75. The average molecular weight is 314 g/mol. The van der Waals surface area contributed by atoms with Gasteiger partial charge >= 0.3 is 0 Å². The van der Waals surface area contributed by atoms with Crippen molar-refractivity contribution in [3.8, 4) is 0 Å². The zero-order valence-electron chi connectivity index (χ0n) is 13.3. The molecule has 0 amide bonds. The summed E-state index contributed by atoms with van der Waals surface area (Å²) < 4.78 is 16.6. The molecule has 0 aliphatic heterocycles. The lowest BCUT2D eigenvalue weighted by Crippen LogP contribution is -2.23. The minimum atomic E-state index is -0.836. The highest BCUT2D eigenvalue weighted by Gasteiger charge is 2.09. The van der Waals surface area contributed by atoms with Gasteiger partial charge < -0.3 is 15.4 Å². The molecule has 2 unspecified atom stereocenters. The number of hydrogen-bond acceptors (Lipinski definition) is 6. The number of aromatic nitrogens is 2. The van der Waals surface area contributed by atoms with Crippen molar-refractivity contribution in [1.82, 2.24) is 9.97 Å². The molecule has 0 aliphatic rings. The quantitative estimate of drug-likeness (QED) is 0.688. The van der Waals surface area contributed by atoms with E-state index < -0.39 is 10.8 Å². The highest BCUT2D eigenvalue weighted by molar-refractivity contribution is 7.84. The molecule has 0 saturated heterocycles. The molecule has 0 spiro atoms. The van der Waals surface area contributed by atoms with Crippen LogP contribution in [-0.2, 0) is 22.1 Å². The predicted octanol–water partition coefficient (Wildman–Crippen LogP) is 2.01. The fraction of sp³-hybridized carbons (Fsp3) is 0.714. The molecule has 0 radical (unpaired) electrons. The smallest absolute Gasteiger partial charge is 0.158 e. The Morgan fingerprint density at radius 3 is 2.67 bits per heavy atom. The van der Waals surface area contributed by atoms with Gasteiger partial charge in [0.1, 0.15) is 18.2 Å². The summed E-state index contributed by atoms with van der Waals surface area (Å²) in [5, 5.41) is 6.53. The van der Waals surface area contributed by atoms with Crippen molar-refractivity contribution in [3.05, 3.63) is 11.9 Å². The van der Waals surface area contributed by atoms with Crippen molar-refractivity contribution >= 4 is 22.4 Å². The van der Waals surface area contributed by atoms with Gasteiger partial charge in [0.2, 0.25) is 0 Å². The first-order valence-electron chi connectivity index (χ1n) is 7.31. The van der Waals surface area contributed by atoms with Crippen LogP contribution in [0.3, 0.4) is 0 Å². The molecular formula is C14H26N4O2S. The molecule has 6 nitrogen and oxygen atoms in total. The SMILES string of the molecule is CCCNc1cc(NC(C)CS(C)=O)nc(COCC)n1. The van der Waals surface area contributed by atoms with E-state index in [0.29, 0.717) is 24.8 Å². The second-order valence-corrected chi connectivity index (χ2v) is 6.38. The molecule has 1 rings (SSSR count). The van der Waals surface area contributed by atoms with Crippen LogP contribution < -0.4 is 10.6 Å². The molecule has 1 aromatic rings. The third-order valence-corrected chi connectivity index (χ3v) is 3.61. The fourth-order valence-electron chi connectivity index (χ4n) is 1.82. The number of ether oxygens (including phenoxy) is 1. The summed E-state index contributed by atoms with van der Waals surface area (Å²) in [4.78, 5) is 8.87. The topological polar surface area (TPSA) is 76.1 Å². The van der Waals surface area contributed by atoms with E-state index in [1.807, 2.05) is 19.9 Å². The Morgan fingerprint density at radius 2 is 2.05 bits per heavy atom. The first-order valence-corrected chi connectivity index (χ1v) is 9.04. The summed E-state index contributed by atoms with van der Waals surface area (Å²) >= 11 is 0. The van der Waals surface area contributed by atoms with Crippen LogP contribution in [0.2, 0.25) is 0 Å². The fourth-order valence-corrected chi connectivity index (χ4v) is 2.61. The molecule has 2 atom stereocenters. The molecule has 2 N–H and O–H groups in total. The highest BCUT2D eigenvalue weighted by atomic mass is 32.2. The van der Waals surface area contributed by atoms with Gasteiger partial charge in [-0.25, -0.2) is 9.97 Å². The second kappa shape index (κ2) is 9.68.